The first-order valence-electron chi connectivity index (χ1n) is 16.7. The molecule has 238 valence electrons. The summed E-state index contributed by atoms with van der Waals surface area (Å²) in [6.45, 7) is 4.81. The number of aliphatic carboxylic acids is 1. The largest absolute Gasteiger partial charge is 0.480 e. The molecule has 0 aromatic heterocycles. The van der Waals surface area contributed by atoms with Crippen molar-refractivity contribution in [2.45, 2.75) is 167 Å². The van der Waals surface area contributed by atoms with Crippen LogP contribution in [0.15, 0.2) is 24.3 Å². The van der Waals surface area contributed by atoms with Gasteiger partial charge in [0.05, 0.1) is 0 Å². The van der Waals surface area contributed by atoms with Crippen molar-refractivity contribution in [1.82, 2.24) is 5.32 Å². The highest BCUT2D eigenvalue weighted by Crippen LogP contribution is 2.15. The quantitative estimate of drug-likeness (QED) is 0.0468. The van der Waals surface area contributed by atoms with Gasteiger partial charge in [0.2, 0.25) is 5.91 Å². The number of carboxylic acids is 1. The van der Waals surface area contributed by atoms with Gasteiger partial charge in [-0.05, 0) is 64.0 Å². The third-order valence-electron chi connectivity index (χ3n) is 7.23. The molecule has 0 rings (SSSR count). The maximum absolute atomic E-state index is 12.5. The van der Waals surface area contributed by atoms with Crippen LogP contribution in [0.25, 0.3) is 0 Å². The van der Waals surface area contributed by atoms with Crippen molar-refractivity contribution < 1.29 is 24.2 Å². The minimum absolute atomic E-state index is 0.111. The van der Waals surface area contributed by atoms with Crippen LogP contribution in [0.5, 0.6) is 0 Å². The number of rotatable bonds is 29. The molecule has 7 heteroatoms. The van der Waals surface area contributed by atoms with Gasteiger partial charge in [-0.15, -0.1) is 0 Å². The van der Waals surface area contributed by atoms with Crippen LogP contribution in [-0.4, -0.2) is 41.6 Å². The summed E-state index contributed by atoms with van der Waals surface area (Å²) in [5.74, 6) is -1.36. The smallest absolute Gasteiger partial charge is 0.326 e. The molecular weight excluding hydrogens is 516 g/mol. The number of nitrogens with two attached hydrogens (primary N) is 1. The van der Waals surface area contributed by atoms with Gasteiger partial charge in [-0.3, -0.25) is 9.59 Å². The number of unbranched alkanes of at least 4 members (excludes halogenated alkanes) is 13. The second-order valence-corrected chi connectivity index (χ2v) is 11.2. The highest BCUT2D eigenvalue weighted by atomic mass is 16.5. The fraction of sp³-hybridized carbons (Fsp3) is 0.794. The summed E-state index contributed by atoms with van der Waals surface area (Å²) in [5.41, 5.74) is 5.45. The molecule has 0 aromatic carbocycles. The van der Waals surface area contributed by atoms with Gasteiger partial charge in [0.25, 0.3) is 0 Å². The van der Waals surface area contributed by atoms with E-state index in [1.165, 1.54) is 51.4 Å². The number of esters is 1. The molecule has 7 nitrogen and oxygen atoms in total. The normalized spacial score (nSPS) is 13.0. The Morgan fingerprint density at radius 2 is 1.34 bits per heavy atom. The lowest BCUT2D eigenvalue weighted by Crippen LogP contribution is -2.40. The molecular formula is C34H62N2O5. The van der Waals surface area contributed by atoms with Crippen LogP contribution in [0.1, 0.15) is 155 Å². The minimum atomic E-state index is -1.02. The molecule has 0 aliphatic carbocycles. The summed E-state index contributed by atoms with van der Waals surface area (Å²) in [7, 11) is 0. The number of ether oxygens (including phenoxy) is 1. The number of nitrogens with one attached hydrogen (secondary N) is 1. The zero-order valence-electron chi connectivity index (χ0n) is 26.4. The standard InChI is InChI=1S/C34H62N2O5/c1-3-5-7-9-11-12-13-14-16-22-28-33(38)41-30(24-19-15-10-8-6-4-2)25-20-17-18-21-27-32(37)36-31(34(39)40)26-23-29-35/h8,10,19,24,30-31H,3-7,9,11-18,20-23,25-29,35H2,1-2H3,(H,36,37)(H,39,40)/b10-8-,24-19-. The number of allylic oxidation sites excluding steroid dienone is 3. The molecule has 0 radical (unpaired) electrons. The van der Waals surface area contributed by atoms with Crippen LogP contribution in [0.4, 0.5) is 0 Å². The number of hydrogen-bond acceptors (Lipinski definition) is 5. The molecule has 0 heterocycles. The number of carboxylic acid groups (broad SMARTS) is 1. The first kappa shape index (κ1) is 38.9. The SMILES string of the molecule is CCC/C=C\C/C=C\C(CCCCCCC(=O)NC(CCCN)C(=O)O)OC(=O)CCCCCCCCCCCC. The van der Waals surface area contributed by atoms with Gasteiger partial charge in [-0.25, -0.2) is 4.79 Å². The minimum Gasteiger partial charge on any atom is -0.480 e. The molecule has 0 spiro atoms. The van der Waals surface area contributed by atoms with Gasteiger partial charge in [-0.1, -0.05) is 109 Å². The Bertz CT molecular complexity index is 707. The lowest BCUT2D eigenvalue weighted by atomic mass is 10.1. The maximum atomic E-state index is 12.5. The Kier molecular flexibility index (Phi) is 27.8. The van der Waals surface area contributed by atoms with Gasteiger partial charge in [-0.2, -0.15) is 0 Å². The van der Waals surface area contributed by atoms with E-state index in [1.807, 2.05) is 6.08 Å². The summed E-state index contributed by atoms with van der Waals surface area (Å²) in [6.07, 6.45) is 29.6. The number of amides is 1. The molecule has 41 heavy (non-hydrogen) atoms. The highest BCUT2D eigenvalue weighted by Gasteiger charge is 2.18. The number of carbonyl (C=O) groups is 3. The predicted octanol–water partition coefficient (Wildman–Crippen LogP) is 8.16. The van der Waals surface area contributed by atoms with Crippen molar-refractivity contribution >= 4 is 17.8 Å². The molecule has 4 N–H and O–H groups in total. The van der Waals surface area contributed by atoms with Crippen LogP contribution < -0.4 is 11.1 Å². The average molecular weight is 579 g/mol. The fourth-order valence-electron chi connectivity index (χ4n) is 4.70. The van der Waals surface area contributed by atoms with E-state index in [1.54, 1.807) is 0 Å². The first-order chi connectivity index (χ1) is 19.9. The van der Waals surface area contributed by atoms with Crippen molar-refractivity contribution in [3.8, 4) is 0 Å². The van der Waals surface area contributed by atoms with Crippen molar-refractivity contribution in [2.75, 3.05) is 6.54 Å². The Labute approximate surface area is 251 Å². The molecule has 2 atom stereocenters. The van der Waals surface area contributed by atoms with Crippen molar-refractivity contribution in [2.24, 2.45) is 5.73 Å². The van der Waals surface area contributed by atoms with E-state index in [4.69, 9.17) is 10.5 Å². The van der Waals surface area contributed by atoms with Crippen LogP contribution in [0, 0.1) is 0 Å². The summed E-state index contributed by atoms with van der Waals surface area (Å²) in [4.78, 5) is 35.9. The zero-order valence-corrected chi connectivity index (χ0v) is 26.4. The summed E-state index contributed by atoms with van der Waals surface area (Å²) < 4.78 is 5.83. The third kappa shape index (κ3) is 26.5. The highest BCUT2D eigenvalue weighted by molar-refractivity contribution is 5.83. The van der Waals surface area contributed by atoms with Crippen molar-refractivity contribution in [1.29, 1.82) is 0 Å². The van der Waals surface area contributed by atoms with Gasteiger partial charge in [0.1, 0.15) is 12.1 Å². The average Bonchev–Trinajstić information content (AvgIpc) is 2.95. The van der Waals surface area contributed by atoms with E-state index >= 15 is 0 Å². The van der Waals surface area contributed by atoms with E-state index in [0.29, 0.717) is 38.6 Å². The van der Waals surface area contributed by atoms with Crippen LogP contribution in [0.2, 0.25) is 0 Å². The molecule has 0 saturated carbocycles. The molecule has 0 fully saturated rings. The lowest BCUT2D eigenvalue weighted by Gasteiger charge is -2.15. The summed E-state index contributed by atoms with van der Waals surface area (Å²) in [5, 5.41) is 11.8. The first-order valence-corrected chi connectivity index (χ1v) is 16.7. The van der Waals surface area contributed by atoms with Gasteiger partial charge in [0, 0.05) is 12.8 Å². The molecule has 1 amide bonds. The van der Waals surface area contributed by atoms with Crippen LogP contribution in [-0.2, 0) is 19.1 Å². The van der Waals surface area contributed by atoms with Gasteiger partial charge < -0.3 is 20.9 Å². The third-order valence-corrected chi connectivity index (χ3v) is 7.23. The van der Waals surface area contributed by atoms with E-state index < -0.39 is 12.0 Å². The van der Waals surface area contributed by atoms with Gasteiger partial charge in [0.15, 0.2) is 0 Å². The van der Waals surface area contributed by atoms with Crippen LogP contribution in [0.3, 0.4) is 0 Å². The summed E-state index contributed by atoms with van der Waals surface area (Å²) >= 11 is 0. The maximum Gasteiger partial charge on any atom is 0.326 e. The van der Waals surface area contributed by atoms with E-state index in [9.17, 15) is 19.5 Å². The Balaban J connectivity index is 4.32. The Morgan fingerprint density at radius 1 is 0.732 bits per heavy atom. The number of carbonyl (C=O) groups excluding carboxylic acids is 2. The van der Waals surface area contributed by atoms with E-state index in [2.05, 4.69) is 37.4 Å². The zero-order chi connectivity index (χ0) is 30.4. The van der Waals surface area contributed by atoms with E-state index in [-0.39, 0.29) is 18.0 Å². The molecule has 0 saturated heterocycles. The Morgan fingerprint density at radius 3 is 1.95 bits per heavy atom. The molecule has 2 unspecified atom stereocenters. The Hall–Kier alpha value is -2.15. The second kappa shape index (κ2) is 29.3. The molecule has 0 aromatic rings. The van der Waals surface area contributed by atoms with Crippen LogP contribution >= 0.6 is 0 Å². The summed E-state index contributed by atoms with van der Waals surface area (Å²) in [6, 6.07) is -0.870. The topological polar surface area (TPSA) is 119 Å². The molecule has 0 bridgehead atoms. The van der Waals surface area contributed by atoms with E-state index in [0.717, 1.165) is 57.8 Å². The lowest BCUT2D eigenvalue weighted by molar-refractivity contribution is -0.147. The molecule has 0 aliphatic heterocycles. The van der Waals surface area contributed by atoms with Crippen molar-refractivity contribution in [3.63, 3.8) is 0 Å². The monoisotopic (exact) mass is 578 g/mol. The second-order valence-electron chi connectivity index (χ2n) is 11.2. The van der Waals surface area contributed by atoms with Gasteiger partial charge >= 0.3 is 11.9 Å². The fourth-order valence-corrected chi connectivity index (χ4v) is 4.70. The predicted molar refractivity (Wildman–Crippen MR) is 170 cm³/mol. The van der Waals surface area contributed by atoms with Crippen molar-refractivity contribution in [3.05, 3.63) is 24.3 Å². The molecule has 0 aliphatic rings. The number of hydrogen-bond donors (Lipinski definition) is 3.